The Hall–Kier alpha value is -2.47. The number of aromatic nitrogens is 2. The van der Waals surface area contributed by atoms with Crippen molar-refractivity contribution in [2.24, 2.45) is 11.7 Å². The summed E-state index contributed by atoms with van der Waals surface area (Å²) in [6.07, 6.45) is 0.779. The fourth-order valence-electron chi connectivity index (χ4n) is 3.15. The number of rotatable bonds is 3. The van der Waals surface area contributed by atoms with E-state index in [-0.39, 0.29) is 11.8 Å². The smallest absolute Gasteiger partial charge is 0.222 e. The summed E-state index contributed by atoms with van der Waals surface area (Å²) in [6, 6.07) is 12.2. The SMILES string of the molecule is Cc1ccc(-c2nc(N3CC[C@H](C(N)=O)C3)c3ccccc3n2)s1. The van der Waals surface area contributed by atoms with Gasteiger partial charge in [0.15, 0.2) is 5.82 Å². The normalized spacial score (nSPS) is 17.5. The van der Waals surface area contributed by atoms with E-state index in [4.69, 9.17) is 15.7 Å². The molecule has 6 heteroatoms. The standard InChI is InChI=1S/C18H18N4OS/c1-11-6-7-15(24-11)17-20-14-5-3-2-4-13(14)18(21-17)22-9-8-12(10-22)16(19)23/h2-7,12H,8-10H2,1H3,(H2,19,23)/t12-/m0/s1. The van der Waals surface area contributed by atoms with Crippen molar-refractivity contribution >= 4 is 34.0 Å². The highest BCUT2D eigenvalue weighted by atomic mass is 32.1. The van der Waals surface area contributed by atoms with Crippen LogP contribution in [-0.2, 0) is 4.79 Å². The van der Waals surface area contributed by atoms with Crippen LogP contribution in [0.4, 0.5) is 5.82 Å². The molecule has 0 radical (unpaired) electrons. The Morgan fingerprint density at radius 2 is 2.08 bits per heavy atom. The molecule has 0 aliphatic carbocycles. The van der Waals surface area contributed by atoms with Crippen molar-refractivity contribution in [1.29, 1.82) is 0 Å². The lowest BCUT2D eigenvalue weighted by Crippen LogP contribution is -2.28. The van der Waals surface area contributed by atoms with Crippen molar-refractivity contribution in [3.8, 4) is 10.7 Å². The number of carbonyl (C=O) groups is 1. The Labute approximate surface area is 144 Å². The predicted octanol–water partition coefficient (Wildman–Crippen LogP) is 2.98. The largest absolute Gasteiger partial charge is 0.369 e. The van der Waals surface area contributed by atoms with Gasteiger partial charge in [-0.2, -0.15) is 0 Å². The van der Waals surface area contributed by atoms with Crippen LogP contribution in [-0.4, -0.2) is 29.0 Å². The third-order valence-electron chi connectivity index (χ3n) is 4.43. The molecule has 1 fully saturated rings. The number of benzene rings is 1. The first-order valence-corrected chi connectivity index (χ1v) is 8.81. The molecule has 2 N–H and O–H groups in total. The highest BCUT2D eigenvalue weighted by molar-refractivity contribution is 7.15. The van der Waals surface area contributed by atoms with Gasteiger partial charge in [-0.1, -0.05) is 12.1 Å². The number of fused-ring (bicyclic) bond motifs is 1. The Morgan fingerprint density at radius 3 is 2.79 bits per heavy atom. The number of carbonyl (C=O) groups excluding carboxylic acids is 1. The second-order valence-electron chi connectivity index (χ2n) is 6.13. The van der Waals surface area contributed by atoms with E-state index < -0.39 is 0 Å². The Bertz CT molecular complexity index is 920. The van der Waals surface area contributed by atoms with Gasteiger partial charge in [0.1, 0.15) is 5.82 Å². The maximum Gasteiger partial charge on any atom is 0.222 e. The number of aryl methyl sites for hydroxylation is 1. The van der Waals surface area contributed by atoms with Crippen molar-refractivity contribution in [3.05, 3.63) is 41.3 Å². The summed E-state index contributed by atoms with van der Waals surface area (Å²) in [5.74, 6) is 1.30. The van der Waals surface area contributed by atoms with Crippen LogP contribution in [0.15, 0.2) is 36.4 Å². The summed E-state index contributed by atoms with van der Waals surface area (Å²) in [6.45, 7) is 3.49. The Kier molecular flexibility index (Phi) is 3.69. The highest BCUT2D eigenvalue weighted by Gasteiger charge is 2.29. The number of hydrogen-bond donors (Lipinski definition) is 1. The van der Waals surface area contributed by atoms with Gasteiger partial charge in [0.25, 0.3) is 0 Å². The van der Waals surface area contributed by atoms with Crippen LogP contribution in [0.1, 0.15) is 11.3 Å². The molecule has 5 nitrogen and oxygen atoms in total. The average Bonchev–Trinajstić information content (AvgIpc) is 3.23. The maximum atomic E-state index is 11.5. The number of primary amides is 1. The van der Waals surface area contributed by atoms with Crippen LogP contribution < -0.4 is 10.6 Å². The fourth-order valence-corrected chi connectivity index (χ4v) is 3.95. The molecule has 1 aliphatic heterocycles. The van der Waals surface area contributed by atoms with Gasteiger partial charge in [0.05, 0.1) is 16.3 Å². The second-order valence-corrected chi connectivity index (χ2v) is 7.42. The third-order valence-corrected chi connectivity index (χ3v) is 5.43. The molecule has 0 saturated carbocycles. The number of anilines is 1. The van der Waals surface area contributed by atoms with E-state index in [1.807, 2.05) is 24.3 Å². The minimum absolute atomic E-state index is 0.105. The summed E-state index contributed by atoms with van der Waals surface area (Å²) in [5, 5.41) is 1.01. The molecule has 3 heterocycles. The molecule has 0 bridgehead atoms. The van der Waals surface area contributed by atoms with Crippen molar-refractivity contribution in [1.82, 2.24) is 9.97 Å². The lowest BCUT2D eigenvalue weighted by Gasteiger charge is -2.19. The highest BCUT2D eigenvalue weighted by Crippen LogP contribution is 2.32. The monoisotopic (exact) mass is 338 g/mol. The maximum absolute atomic E-state index is 11.5. The van der Waals surface area contributed by atoms with Gasteiger partial charge in [-0.05, 0) is 37.6 Å². The molecular weight excluding hydrogens is 320 g/mol. The summed E-state index contributed by atoms with van der Waals surface area (Å²) in [4.78, 5) is 25.5. The molecule has 24 heavy (non-hydrogen) atoms. The van der Waals surface area contributed by atoms with Gasteiger partial charge in [0.2, 0.25) is 5.91 Å². The van der Waals surface area contributed by atoms with Crippen molar-refractivity contribution in [2.45, 2.75) is 13.3 Å². The van der Waals surface area contributed by atoms with E-state index in [0.717, 1.165) is 40.4 Å². The van der Waals surface area contributed by atoms with E-state index in [0.29, 0.717) is 6.54 Å². The summed E-state index contributed by atoms with van der Waals surface area (Å²) in [7, 11) is 0. The first kappa shape index (κ1) is 15.1. The van der Waals surface area contributed by atoms with Crippen LogP contribution in [0.2, 0.25) is 0 Å². The van der Waals surface area contributed by atoms with Gasteiger partial charge < -0.3 is 10.6 Å². The molecular formula is C18H18N4OS. The second kappa shape index (κ2) is 5.87. The minimum Gasteiger partial charge on any atom is -0.369 e. The van der Waals surface area contributed by atoms with Gasteiger partial charge >= 0.3 is 0 Å². The van der Waals surface area contributed by atoms with E-state index in [1.165, 1.54) is 4.88 Å². The summed E-state index contributed by atoms with van der Waals surface area (Å²) < 4.78 is 0. The molecule has 1 aromatic carbocycles. The Morgan fingerprint density at radius 1 is 1.25 bits per heavy atom. The first-order chi connectivity index (χ1) is 11.6. The lowest BCUT2D eigenvalue weighted by atomic mass is 10.1. The van der Waals surface area contributed by atoms with Crippen molar-refractivity contribution in [2.75, 3.05) is 18.0 Å². The zero-order valence-electron chi connectivity index (χ0n) is 13.4. The van der Waals surface area contributed by atoms with Gasteiger partial charge in [0, 0.05) is 23.4 Å². The van der Waals surface area contributed by atoms with Crippen LogP contribution >= 0.6 is 11.3 Å². The van der Waals surface area contributed by atoms with Crippen LogP contribution in [0.5, 0.6) is 0 Å². The van der Waals surface area contributed by atoms with Crippen molar-refractivity contribution in [3.63, 3.8) is 0 Å². The number of nitrogens with two attached hydrogens (primary N) is 1. The number of nitrogens with zero attached hydrogens (tertiary/aromatic N) is 3. The zero-order valence-corrected chi connectivity index (χ0v) is 14.2. The number of amides is 1. The van der Waals surface area contributed by atoms with Crippen LogP contribution in [0.3, 0.4) is 0 Å². The van der Waals surface area contributed by atoms with Crippen LogP contribution in [0.25, 0.3) is 21.6 Å². The summed E-state index contributed by atoms with van der Waals surface area (Å²) >= 11 is 1.69. The van der Waals surface area contributed by atoms with Gasteiger partial charge in [-0.3, -0.25) is 4.79 Å². The van der Waals surface area contributed by atoms with Crippen LogP contribution in [0, 0.1) is 12.8 Å². The average molecular weight is 338 g/mol. The molecule has 1 atom stereocenters. The molecule has 1 amide bonds. The van der Waals surface area contributed by atoms with Gasteiger partial charge in [-0.15, -0.1) is 11.3 Å². The number of para-hydroxylation sites is 1. The topological polar surface area (TPSA) is 72.1 Å². The van der Waals surface area contributed by atoms with Gasteiger partial charge in [-0.25, -0.2) is 9.97 Å². The van der Waals surface area contributed by atoms with E-state index in [1.54, 1.807) is 11.3 Å². The summed E-state index contributed by atoms with van der Waals surface area (Å²) in [5.41, 5.74) is 6.40. The van der Waals surface area contributed by atoms with E-state index in [2.05, 4.69) is 24.0 Å². The minimum atomic E-state index is -0.232. The molecule has 2 aromatic heterocycles. The third kappa shape index (κ3) is 2.63. The number of hydrogen-bond acceptors (Lipinski definition) is 5. The molecule has 122 valence electrons. The molecule has 0 spiro atoms. The fraction of sp³-hybridized carbons (Fsp3) is 0.278. The quantitative estimate of drug-likeness (QED) is 0.797. The predicted molar refractivity (Wildman–Crippen MR) is 97.1 cm³/mol. The lowest BCUT2D eigenvalue weighted by molar-refractivity contribution is -0.121. The Balaban J connectivity index is 1.83. The van der Waals surface area contributed by atoms with E-state index >= 15 is 0 Å². The molecule has 1 aliphatic rings. The zero-order chi connectivity index (χ0) is 16.7. The van der Waals surface area contributed by atoms with E-state index in [9.17, 15) is 4.79 Å². The molecule has 1 saturated heterocycles. The number of thiophene rings is 1. The first-order valence-electron chi connectivity index (χ1n) is 7.99. The molecule has 0 unspecified atom stereocenters. The molecule has 3 aromatic rings. The molecule has 4 rings (SSSR count). The van der Waals surface area contributed by atoms with Crippen molar-refractivity contribution < 1.29 is 4.79 Å².